The highest BCUT2D eigenvalue weighted by molar-refractivity contribution is 7.89. The van der Waals surface area contributed by atoms with Gasteiger partial charge in [-0.2, -0.15) is 0 Å². The van der Waals surface area contributed by atoms with Crippen molar-refractivity contribution in [3.63, 3.8) is 0 Å². The largest absolute Gasteiger partial charge is 0.313 e. The van der Waals surface area contributed by atoms with Crippen LogP contribution in [0.4, 0.5) is 0 Å². The molecule has 0 bridgehead atoms. The molecule has 0 spiro atoms. The second-order valence-corrected chi connectivity index (χ2v) is 7.54. The number of sulfonamides is 1. The third-order valence-corrected chi connectivity index (χ3v) is 4.26. The number of nitrogens with one attached hydrogen (secondary N) is 2. The van der Waals surface area contributed by atoms with Gasteiger partial charge in [-0.15, -0.1) is 0 Å². The minimum absolute atomic E-state index is 0.0475. The van der Waals surface area contributed by atoms with E-state index in [0.29, 0.717) is 12.3 Å². The molecule has 5 nitrogen and oxygen atoms in total. The van der Waals surface area contributed by atoms with Gasteiger partial charge in [0.1, 0.15) is 0 Å². The van der Waals surface area contributed by atoms with E-state index in [-0.39, 0.29) is 17.8 Å². The standard InChI is InChI=1S/C9H22N2O3S2/c1-8(2)10-5-6-16(13,14)11-9(3)7-15(4)12/h8-11H,5-7H2,1-4H3. The van der Waals surface area contributed by atoms with Crippen molar-refractivity contribution in [1.29, 1.82) is 0 Å². The van der Waals surface area contributed by atoms with Gasteiger partial charge in [-0.25, -0.2) is 13.1 Å². The molecule has 0 heterocycles. The maximum atomic E-state index is 11.6. The molecular weight excluding hydrogens is 248 g/mol. The fraction of sp³-hybridized carbons (Fsp3) is 1.00. The normalized spacial score (nSPS) is 16.3. The van der Waals surface area contributed by atoms with Gasteiger partial charge < -0.3 is 5.32 Å². The highest BCUT2D eigenvalue weighted by Gasteiger charge is 2.14. The van der Waals surface area contributed by atoms with Crippen molar-refractivity contribution in [2.75, 3.05) is 24.3 Å². The summed E-state index contributed by atoms with van der Waals surface area (Å²) < 4.78 is 36.5. The molecule has 0 radical (unpaired) electrons. The van der Waals surface area contributed by atoms with Crippen LogP contribution in [-0.4, -0.2) is 49.0 Å². The van der Waals surface area contributed by atoms with Crippen molar-refractivity contribution in [2.24, 2.45) is 0 Å². The van der Waals surface area contributed by atoms with Crippen LogP contribution in [0, 0.1) is 0 Å². The van der Waals surface area contributed by atoms with Gasteiger partial charge in [0.15, 0.2) is 0 Å². The Morgan fingerprint density at radius 2 is 1.81 bits per heavy atom. The van der Waals surface area contributed by atoms with E-state index < -0.39 is 20.8 Å². The van der Waals surface area contributed by atoms with Crippen LogP contribution in [0.5, 0.6) is 0 Å². The molecule has 0 aliphatic rings. The first-order valence-electron chi connectivity index (χ1n) is 5.26. The zero-order valence-electron chi connectivity index (χ0n) is 10.3. The predicted molar refractivity (Wildman–Crippen MR) is 68.5 cm³/mol. The van der Waals surface area contributed by atoms with Crippen LogP contribution in [-0.2, 0) is 20.8 Å². The molecule has 0 aromatic rings. The second-order valence-electron chi connectivity index (χ2n) is 4.19. The first kappa shape index (κ1) is 16.0. The molecule has 0 aromatic carbocycles. The summed E-state index contributed by atoms with van der Waals surface area (Å²) in [7, 11) is -4.26. The molecule has 2 unspecified atom stereocenters. The minimum atomic E-state index is -3.27. The molecule has 0 aromatic heterocycles. The smallest absolute Gasteiger partial charge is 0.213 e. The van der Waals surface area contributed by atoms with Crippen LogP contribution in [0.3, 0.4) is 0 Å². The van der Waals surface area contributed by atoms with E-state index in [2.05, 4.69) is 10.0 Å². The van der Waals surface area contributed by atoms with Crippen LogP contribution >= 0.6 is 0 Å². The summed E-state index contributed by atoms with van der Waals surface area (Å²) in [5, 5.41) is 3.04. The molecule has 0 aliphatic heterocycles. The Labute approximate surface area is 101 Å². The van der Waals surface area contributed by atoms with Gasteiger partial charge >= 0.3 is 0 Å². The molecule has 16 heavy (non-hydrogen) atoms. The lowest BCUT2D eigenvalue weighted by Crippen LogP contribution is -2.40. The molecular formula is C9H22N2O3S2. The number of hydrogen-bond acceptors (Lipinski definition) is 4. The molecule has 0 saturated carbocycles. The maximum absolute atomic E-state index is 11.6. The Kier molecular flexibility index (Phi) is 7.38. The average Bonchev–Trinajstić information content (AvgIpc) is 1.98. The van der Waals surface area contributed by atoms with Gasteiger partial charge in [0.2, 0.25) is 10.0 Å². The third-order valence-electron chi connectivity index (χ3n) is 1.79. The molecule has 98 valence electrons. The van der Waals surface area contributed by atoms with Gasteiger partial charge in [0, 0.05) is 41.4 Å². The zero-order chi connectivity index (χ0) is 12.8. The molecule has 0 amide bonds. The summed E-state index contributed by atoms with van der Waals surface area (Å²) in [6, 6.07) is -0.00866. The summed E-state index contributed by atoms with van der Waals surface area (Å²) in [6.45, 7) is 6.07. The number of rotatable bonds is 8. The fourth-order valence-electron chi connectivity index (χ4n) is 1.23. The Morgan fingerprint density at radius 1 is 1.25 bits per heavy atom. The minimum Gasteiger partial charge on any atom is -0.313 e. The molecule has 2 atom stereocenters. The van der Waals surface area contributed by atoms with Gasteiger partial charge in [0.25, 0.3) is 0 Å². The van der Waals surface area contributed by atoms with Crippen LogP contribution in [0.1, 0.15) is 20.8 Å². The van der Waals surface area contributed by atoms with Gasteiger partial charge in [-0.05, 0) is 6.92 Å². The van der Waals surface area contributed by atoms with Crippen LogP contribution in [0.25, 0.3) is 0 Å². The predicted octanol–water partition coefficient (Wildman–Crippen LogP) is -0.329. The van der Waals surface area contributed by atoms with Crippen molar-refractivity contribution in [2.45, 2.75) is 32.9 Å². The highest BCUT2D eigenvalue weighted by Crippen LogP contribution is 1.92. The van der Waals surface area contributed by atoms with Gasteiger partial charge in [-0.1, -0.05) is 13.8 Å². The van der Waals surface area contributed by atoms with E-state index in [1.807, 2.05) is 13.8 Å². The molecule has 0 rings (SSSR count). The topological polar surface area (TPSA) is 75.3 Å². The van der Waals surface area contributed by atoms with E-state index in [1.165, 1.54) is 0 Å². The van der Waals surface area contributed by atoms with E-state index in [9.17, 15) is 12.6 Å². The van der Waals surface area contributed by atoms with Crippen molar-refractivity contribution in [1.82, 2.24) is 10.0 Å². The average molecular weight is 270 g/mol. The van der Waals surface area contributed by atoms with E-state index >= 15 is 0 Å². The van der Waals surface area contributed by atoms with Crippen molar-refractivity contribution in [3.8, 4) is 0 Å². The zero-order valence-corrected chi connectivity index (χ0v) is 12.0. The van der Waals surface area contributed by atoms with E-state index in [0.717, 1.165) is 0 Å². The van der Waals surface area contributed by atoms with E-state index in [4.69, 9.17) is 0 Å². The summed E-state index contributed by atoms with van der Waals surface area (Å²) in [6.07, 6.45) is 1.56. The maximum Gasteiger partial charge on any atom is 0.213 e. The van der Waals surface area contributed by atoms with Crippen molar-refractivity contribution in [3.05, 3.63) is 0 Å². The lowest BCUT2D eigenvalue weighted by Gasteiger charge is -2.13. The first-order valence-corrected chi connectivity index (χ1v) is 8.64. The Morgan fingerprint density at radius 3 is 2.25 bits per heavy atom. The first-order chi connectivity index (χ1) is 7.23. The SMILES string of the molecule is CC(C)NCCS(=O)(=O)NC(C)CS(C)=O. The monoisotopic (exact) mass is 270 g/mol. The van der Waals surface area contributed by atoms with Crippen molar-refractivity contribution >= 4 is 20.8 Å². The van der Waals surface area contributed by atoms with Crippen LogP contribution in [0.2, 0.25) is 0 Å². The summed E-state index contributed by atoms with van der Waals surface area (Å²) >= 11 is 0. The lowest BCUT2D eigenvalue weighted by molar-refractivity contribution is 0.558. The molecule has 2 N–H and O–H groups in total. The lowest BCUT2D eigenvalue weighted by atomic mass is 10.4. The Bertz CT molecular complexity index is 315. The summed E-state index contributed by atoms with van der Waals surface area (Å²) in [5.74, 6) is 0.392. The molecule has 0 fully saturated rings. The van der Waals surface area contributed by atoms with Crippen LogP contribution in [0.15, 0.2) is 0 Å². The molecule has 7 heteroatoms. The highest BCUT2D eigenvalue weighted by atomic mass is 32.2. The summed E-state index contributed by atoms with van der Waals surface area (Å²) in [5.41, 5.74) is 0. The van der Waals surface area contributed by atoms with Gasteiger partial charge in [0.05, 0.1) is 5.75 Å². The third kappa shape index (κ3) is 9.26. The van der Waals surface area contributed by atoms with Gasteiger partial charge in [-0.3, -0.25) is 4.21 Å². The Balaban J connectivity index is 4.00. The quantitative estimate of drug-likeness (QED) is 0.633. The van der Waals surface area contributed by atoms with E-state index in [1.54, 1.807) is 13.2 Å². The molecule has 0 aliphatic carbocycles. The summed E-state index contributed by atoms with van der Waals surface area (Å²) in [4.78, 5) is 0. The Hall–Kier alpha value is 0.0200. The van der Waals surface area contributed by atoms with Crippen molar-refractivity contribution < 1.29 is 12.6 Å². The second kappa shape index (κ2) is 7.37. The number of hydrogen-bond donors (Lipinski definition) is 2. The fourth-order valence-corrected chi connectivity index (χ4v) is 3.33. The molecule has 0 saturated heterocycles. The van der Waals surface area contributed by atoms with Crippen LogP contribution < -0.4 is 10.0 Å².